The van der Waals surface area contributed by atoms with Crippen molar-refractivity contribution < 1.29 is 34.9 Å². The Hall–Kier alpha value is -0.853. The van der Waals surface area contributed by atoms with Gasteiger partial charge < -0.3 is 9.16 Å². The lowest BCUT2D eigenvalue weighted by atomic mass is 10.0. The molecule has 0 saturated carbocycles. The van der Waals surface area contributed by atoms with Crippen LogP contribution in [0, 0.1) is 0 Å². The number of azide groups is 1. The monoisotopic (exact) mass is 419 g/mol. The highest BCUT2D eigenvalue weighted by molar-refractivity contribution is 7.87. The average Bonchev–Trinajstić information content (AvgIpc) is 2.40. The second kappa shape index (κ2) is 7.64. The van der Waals surface area contributed by atoms with Crippen molar-refractivity contribution in [3.8, 4) is 0 Å². The summed E-state index contributed by atoms with van der Waals surface area (Å²) in [5.74, 6) is 0. The molecule has 1 aliphatic heterocycles. The summed E-state index contributed by atoms with van der Waals surface area (Å²) >= 11 is 0. The fourth-order valence-electron chi connectivity index (χ4n) is 2.12. The fraction of sp³-hybridized carbons (Fsp3) is 1.00. The number of ether oxygens (including phenoxy) is 1. The van der Waals surface area contributed by atoms with Crippen LogP contribution in [0.2, 0.25) is 18.1 Å². The quantitative estimate of drug-likeness (QED) is 0.167. The van der Waals surface area contributed by atoms with Crippen LogP contribution >= 0.6 is 0 Å². The molecule has 1 rings (SSSR count). The molecule has 0 aliphatic carbocycles. The van der Waals surface area contributed by atoms with Gasteiger partial charge in [0.2, 0.25) is 0 Å². The van der Waals surface area contributed by atoms with Crippen LogP contribution in [0.4, 0.5) is 13.2 Å². The summed E-state index contributed by atoms with van der Waals surface area (Å²) in [6.45, 7) is 11.3. The summed E-state index contributed by atoms with van der Waals surface area (Å²) in [7, 11) is -8.12. The third-order valence-electron chi connectivity index (χ3n) is 4.60. The van der Waals surface area contributed by atoms with Gasteiger partial charge in [0.1, 0.15) is 12.4 Å². The predicted molar refractivity (Wildman–Crippen MR) is 90.0 cm³/mol. The zero-order chi connectivity index (χ0) is 20.6. The van der Waals surface area contributed by atoms with Crippen LogP contribution in [-0.2, 0) is 23.5 Å². The van der Waals surface area contributed by atoms with Crippen molar-refractivity contribution in [3.63, 3.8) is 0 Å². The minimum absolute atomic E-state index is 0.112. The van der Waals surface area contributed by atoms with Crippen LogP contribution in [0.25, 0.3) is 10.4 Å². The molecule has 0 aromatic carbocycles. The molecule has 26 heavy (non-hydrogen) atoms. The second-order valence-electron chi connectivity index (χ2n) is 7.62. The predicted octanol–water partition coefficient (Wildman–Crippen LogP) is 4.06. The van der Waals surface area contributed by atoms with E-state index in [1.54, 1.807) is 0 Å². The molecular formula is C13H24F3N3O5SSi. The first-order chi connectivity index (χ1) is 11.5. The van der Waals surface area contributed by atoms with E-state index in [-0.39, 0.29) is 11.5 Å². The van der Waals surface area contributed by atoms with Crippen LogP contribution < -0.4 is 0 Å². The molecule has 0 aromatic heterocycles. The van der Waals surface area contributed by atoms with Gasteiger partial charge in [-0.15, -0.1) is 0 Å². The fourth-order valence-corrected chi connectivity index (χ4v) is 3.97. The largest absolute Gasteiger partial charge is 0.523 e. The van der Waals surface area contributed by atoms with Crippen molar-refractivity contribution in [1.82, 2.24) is 0 Å². The molecule has 4 atom stereocenters. The van der Waals surface area contributed by atoms with Crippen molar-refractivity contribution >= 4 is 18.4 Å². The van der Waals surface area contributed by atoms with E-state index < -0.39 is 48.5 Å². The maximum absolute atomic E-state index is 12.6. The SMILES string of the molecule is C[C@@H]1O[C@H](O[Si](C)(C)C(C)(C)C)C[C@@H](N=[N+]=[N-])[C@H]1OS(=O)(=O)C(F)(F)F. The van der Waals surface area contributed by atoms with Gasteiger partial charge >= 0.3 is 15.6 Å². The van der Waals surface area contributed by atoms with Crippen molar-refractivity contribution in [3.05, 3.63) is 10.4 Å². The van der Waals surface area contributed by atoms with E-state index in [9.17, 15) is 21.6 Å². The lowest BCUT2D eigenvalue weighted by Gasteiger charge is -2.44. The maximum atomic E-state index is 12.6. The van der Waals surface area contributed by atoms with Crippen LogP contribution in [0.15, 0.2) is 5.11 Å². The highest BCUT2D eigenvalue weighted by Crippen LogP contribution is 2.40. The zero-order valence-corrected chi connectivity index (χ0v) is 17.3. The van der Waals surface area contributed by atoms with Crippen molar-refractivity contribution in [2.75, 3.05) is 0 Å². The Kier molecular flexibility index (Phi) is 6.81. The summed E-state index contributed by atoms with van der Waals surface area (Å²) in [6, 6.07) is -1.18. The lowest BCUT2D eigenvalue weighted by Crippen LogP contribution is -2.53. The number of halogens is 3. The van der Waals surface area contributed by atoms with Crippen LogP contribution in [-0.4, -0.2) is 46.8 Å². The summed E-state index contributed by atoms with van der Waals surface area (Å²) in [5.41, 5.74) is 3.11. The first-order valence-corrected chi connectivity index (χ1v) is 12.2. The van der Waals surface area contributed by atoms with E-state index in [0.717, 1.165) is 0 Å². The molecule has 0 radical (unpaired) electrons. The molecule has 0 spiro atoms. The van der Waals surface area contributed by atoms with Gasteiger partial charge in [-0.3, -0.25) is 4.18 Å². The first kappa shape index (κ1) is 23.2. The molecule has 0 N–H and O–H groups in total. The number of hydrogen-bond donors (Lipinski definition) is 0. The Morgan fingerprint density at radius 3 is 2.23 bits per heavy atom. The molecule has 1 saturated heterocycles. The molecule has 0 bridgehead atoms. The van der Waals surface area contributed by atoms with Gasteiger partial charge in [0.25, 0.3) is 0 Å². The molecule has 1 aliphatic rings. The second-order valence-corrected chi connectivity index (χ2v) is 13.9. The van der Waals surface area contributed by atoms with Crippen LogP contribution in [0.3, 0.4) is 0 Å². The summed E-state index contributed by atoms with van der Waals surface area (Å²) in [6.07, 6.45) is -3.64. The summed E-state index contributed by atoms with van der Waals surface area (Å²) < 4.78 is 76.2. The molecule has 0 unspecified atom stereocenters. The van der Waals surface area contributed by atoms with Gasteiger partial charge in [-0.1, -0.05) is 25.9 Å². The van der Waals surface area contributed by atoms with E-state index in [2.05, 4.69) is 14.2 Å². The zero-order valence-electron chi connectivity index (χ0n) is 15.4. The Bertz CT molecular complexity index is 659. The Labute approximate surface area is 151 Å². The van der Waals surface area contributed by atoms with E-state index in [4.69, 9.17) is 14.7 Å². The van der Waals surface area contributed by atoms with Crippen molar-refractivity contribution in [2.45, 2.75) is 82.3 Å². The van der Waals surface area contributed by atoms with E-state index in [1.807, 2.05) is 33.9 Å². The average molecular weight is 419 g/mol. The first-order valence-electron chi connectivity index (χ1n) is 7.89. The Morgan fingerprint density at radius 2 is 1.81 bits per heavy atom. The molecule has 152 valence electrons. The van der Waals surface area contributed by atoms with Gasteiger partial charge in [-0.05, 0) is 30.6 Å². The molecule has 1 heterocycles. The smallest absolute Gasteiger partial charge is 0.392 e. The van der Waals surface area contributed by atoms with Gasteiger partial charge in [-0.2, -0.15) is 21.6 Å². The van der Waals surface area contributed by atoms with Crippen molar-refractivity contribution in [1.29, 1.82) is 0 Å². The Balaban J connectivity index is 3.03. The third-order valence-corrected chi connectivity index (χ3v) is 10.1. The molecule has 0 amide bonds. The number of nitrogens with zero attached hydrogens (tertiary/aromatic N) is 3. The maximum Gasteiger partial charge on any atom is 0.523 e. The minimum atomic E-state index is -5.85. The molecular weight excluding hydrogens is 395 g/mol. The number of hydrogen-bond acceptors (Lipinski definition) is 6. The highest BCUT2D eigenvalue weighted by Gasteiger charge is 2.52. The van der Waals surface area contributed by atoms with Crippen LogP contribution in [0.5, 0.6) is 0 Å². The third kappa shape index (κ3) is 5.33. The molecule has 1 fully saturated rings. The van der Waals surface area contributed by atoms with E-state index in [0.29, 0.717) is 0 Å². The van der Waals surface area contributed by atoms with Gasteiger partial charge in [0.05, 0.1) is 12.1 Å². The van der Waals surface area contributed by atoms with E-state index >= 15 is 0 Å². The molecule has 8 nitrogen and oxygen atoms in total. The van der Waals surface area contributed by atoms with Gasteiger partial charge in [-0.25, -0.2) is 0 Å². The van der Waals surface area contributed by atoms with Crippen LogP contribution in [0.1, 0.15) is 34.1 Å². The molecule has 13 heteroatoms. The van der Waals surface area contributed by atoms with Gasteiger partial charge in [0, 0.05) is 11.3 Å². The standard InChI is InChI=1S/C13H24F3N3O5SSi/c1-8-11(23-25(20,21)13(14,15)16)9(18-19-17)7-10(22-8)24-26(5,6)12(2,3)4/h8-11H,7H2,1-6H3/t8-,9+,10+,11-/m0/s1. The van der Waals surface area contributed by atoms with Crippen molar-refractivity contribution in [2.24, 2.45) is 5.11 Å². The number of alkyl halides is 3. The summed E-state index contributed by atoms with van der Waals surface area (Å²) in [5, 5.41) is 3.25. The summed E-state index contributed by atoms with van der Waals surface area (Å²) in [4.78, 5) is 2.59. The normalized spacial score (nSPS) is 28.5. The van der Waals surface area contributed by atoms with Gasteiger partial charge in [0.15, 0.2) is 8.32 Å². The van der Waals surface area contributed by atoms with E-state index in [1.165, 1.54) is 6.92 Å². The highest BCUT2D eigenvalue weighted by atomic mass is 32.2. The Morgan fingerprint density at radius 1 is 1.27 bits per heavy atom. The minimum Gasteiger partial charge on any atom is -0.392 e. The lowest BCUT2D eigenvalue weighted by molar-refractivity contribution is -0.187. The molecule has 0 aromatic rings. The topological polar surface area (TPSA) is 111 Å². The number of rotatable bonds is 5.